The van der Waals surface area contributed by atoms with E-state index in [4.69, 9.17) is 5.11 Å². The van der Waals surface area contributed by atoms with Crippen LogP contribution in [0.15, 0.2) is 24.3 Å². The fraction of sp³-hybridized carbons (Fsp3) is 0.600. The number of nitrogens with zero attached hydrogens (tertiary/aromatic N) is 1. The molecule has 1 aromatic carbocycles. The van der Waals surface area contributed by atoms with Crippen LogP contribution in [-0.4, -0.2) is 47.0 Å². The molecule has 7 heteroatoms. The number of alkyl halides is 3. The summed E-state index contributed by atoms with van der Waals surface area (Å²) in [6, 6.07) is 5.57. The molecule has 1 aromatic rings. The van der Waals surface area contributed by atoms with Gasteiger partial charge in [0, 0.05) is 6.54 Å². The van der Waals surface area contributed by atoms with Crippen molar-refractivity contribution in [3.05, 3.63) is 35.6 Å². The number of hydrogen-bond donors (Lipinski definition) is 2. The molecule has 1 fully saturated rings. The van der Waals surface area contributed by atoms with E-state index < -0.39 is 24.9 Å². The number of likely N-dealkylation sites (tertiary alicyclic amines) is 1. The highest BCUT2D eigenvalue weighted by molar-refractivity contribution is 5.19. The van der Waals surface area contributed by atoms with E-state index in [1.54, 1.807) is 4.90 Å². The van der Waals surface area contributed by atoms with Gasteiger partial charge in [0.1, 0.15) is 5.82 Å². The first-order valence-electron chi connectivity index (χ1n) is 7.18. The summed E-state index contributed by atoms with van der Waals surface area (Å²) in [4.78, 5) is 1.55. The first-order valence-corrected chi connectivity index (χ1v) is 7.18. The van der Waals surface area contributed by atoms with Crippen LogP contribution >= 0.6 is 0 Å². The number of aliphatic hydroxyl groups excluding tert-OH is 2. The fourth-order valence-corrected chi connectivity index (χ4v) is 2.73. The van der Waals surface area contributed by atoms with Crippen LogP contribution in [0.2, 0.25) is 0 Å². The molecule has 3 nitrogen and oxygen atoms in total. The molecule has 0 aromatic heterocycles. The van der Waals surface area contributed by atoms with Crippen LogP contribution in [0, 0.1) is 11.7 Å². The lowest BCUT2D eigenvalue weighted by atomic mass is 9.87. The van der Waals surface area contributed by atoms with E-state index >= 15 is 0 Å². The molecule has 2 rings (SSSR count). The number of halogens is 4. The number of rotatable bonds is 4. The molecule has 1 aliphatic rings. The first kappa shape index (κ1) is 17.2. The summed E-state index contributed by atoms with van der Waals surface area (Å²) in [7, 11) is 0. The molecule has 1 aliphatic heterocycles. The van der Waals surface area contributed by atoms with E-state index in [9.17, 15) is 22.7 Å². The van der Waals surface area contributed by atoms with Crippen LogP contribution in [0.5, 0.6) is 0 Å². The minimum Gasteiger partial charge on any atom is -0.388 e. The van der Waals surface area contributed by atoms with Gasteiger partial charge in [0.05, 0.1) is 6.10 Å². The zero-order chi connectivity index (χ0) is 16.3. The third-order valence-corrected chi connectivity index (χ3v) is 4.10. The summed E-state index contributed by atoms with van der Waals surface area (Å²) >= 11 is 0. The monoisotopic (exact) mass is 321 g/mol. The molecule has 0 bridgehead atoms. The summed E-state index contributed by atoms with van der Waals surface area (Å²) < 4.78 is 49.8. The largest absolute Gasteiger partial charge is 0.415 e. The summed E-state index contributed by atoms with van der Waals surface area (Å²) in [5, 5.41) is 19.3. The molecule has 0 amide bonds. The standard InChI is InChI=1S/C15H19F4NO2/c16-12-3-1-10(2-4-12)14(22)11-5-7-20(8-6-11)9-13(21)15(17,18)19/h1-4,11,13-14,21-22H,5-9H2/t13-,14-/m1/s1. The lowest BCUT2D eigenvalue weighted by Crippen LogP contribution is -2.44. The van der Waals surface area contributed by atoms with Crippen molar-refractivity contribution in [2.24, 2.45) is 5.92 Å². The number of hydrogen-bond acceptors (Lipinski definition) is 3. The molecule has 1 heterocycles. The lowest BCUT2D eigenvalue weighted by molar-refractivity contribution is -0.209. The SMILES string of the molecule is O[C@H](c1ccc(F)cc1)C1CCN(C[C@@H](O)C(F)(F)F)CC1. The average molecular weight is 321 g/mol. The van der Waals surface area contributed by atoms with Crippen LogP contribution in [0.4, 0.5) is 17.6 Å². The van der Waals surface area contributed by atoms with Crippen molar-refractivity contribution in [2.75, 3.05) is 19.6 Å². The second kappa shape index (κ2) is 6.93. The highest BCUT2D eigenvalue weighted by atomic mass is 19.4. The number of benzene rings is 1. The summed E-state index contributed by atoms with van der Waals surface area (Å²) in [6.45, 7) is 0.328. The highest BCUT2D eigenvalue weighted by Gasteiger charge is 2.39. The van der Waals surface area contributed by atoms with Crippen molar-refractivity contribution in [3.63, 3.8) is 0 Å². The summed E-state index contributed by atoms with van der Waals surface area (Å²) in [6.07, 6.45) is -6.64. The molecular weight excluding hydrogens is 302 g/mol. The Morgan fingerprint density at radius 3 is 2.14 bits per heavy atom. The third kappa shape index (κ3) is 4.41. The van der Waals surface area contributed by atoms with Crippen molar-refractivity contribution < 1.29 is 27.8 Å². The van der Waals surface area contributed by atoms with E-state index in [1.807, 2.05) is 0 Å². The summed E-state index contributed by atoms with van der Waals surface area (Å²) in [5.74, 6) is -0.461. The van der Waals surface area contributed by atoms with Crippen LogP contribution < -0.4 is 0 Å². The number of aliphatic hydroxyl groups is 2. The van der Waals surface area contributed by atoms with Crippen LogP contribution in [0.1, 0.15) is 24.5 Å². The van der Waals surface area contributed by atoms with Crippen molar-refractivity contribution in [1.29, 1.82) is 0 Å². The molecule has 0 saturated carbocycles. The predicted octanol–water partition coefficient (Wildman–Crippen LogP) is 2.49. The average Bonchev–Trinajstić information content (AvgIpc) is 2.47. The minimum atomic E-state index is -4.61. The van der Waals surface area contributed by atoms with Crippen LogP contribution in [0.3, 0.4) is 0 Å². The Bertz CT molecular complexity index is 469. The molecule has 1 saturated heterocycles. The molecule has 124 valence electrons. The molecule has 0 radical (unpaired) electrons. The Balaban J connectivity index is 1.85. The second-order valence-electron chi connectivity index (χ2n) is 5.69. The zero-order valence-corrected chi connectivity index (χ0v) is 11.9. The second-order valence-corrected chi connectivity index (χ2v) is 5.69. The van der Waals surface area contributed by atoms with Gasteiger partial charge < -0.3 is 15.1 Å². The van der Waals surface area contributed by atoms with E-state index in [2.05, 4.69) is 0 Å². The highest BCUT2D eigenvalue weighted by Crippen LogP contribution is 2.31. The number of β-amino-alcohol motifs (C(OH)–C–C–N with tert-alkyl or cyclic N) is 1. The van der Waals surface area contributed by atoms with Gasteiger partial charge in [0.15, 0.2) is 6.10 Å². The van der Waals surface area contributed by atoms with Crippen molar-refractivity contribution in [2.45, 2.75) is 31.2 Å². The van der Waals surface area contributed by atoms with Gasteiger partial charge in [-0.15, -0.1) is 0 Å². The molecule has 0 unspecified atom stereocenters. The van der Waals surface area contributed by atoms with E-state index in [1.165, 1.54) is 24.3 Å². The fourth-order valence-electron chi connectivity index (χ4n) is 2.73. The first-order chi connectivity index (χ1) is 10.3. The summed E-state index contributed by atoms with van der Waals surface area (Å²) in [5.41, 5.74) is 0.607. The third-order valence-electron chi connectivity index (χ3n) is 4.10. The van der Waals surface area contributed by atoms with Crippen molar-refractivity contribution in [1.82, 2.24) is 4.90 Å². The Labute approximate surface area is 126 Å². The van der Waals surface area contributed by atoms with Crippen LogP contribution in [0.25, 0.3) is 0 Å². The number of piperidine rings is 1. The normalized spacial score (nSPS) is 20.8. The van der Waals surface area contributed by atoms with Gasteiger partial charge >= 0.3 is 6.18 Å². The topological polar surface area (TPSA) is 43.7 Å². The van der Waals surface area contributed by atoms with Gasteiger partial charge in [0.25, 0.3) is 0 Å². The van der Waals surface area contributed by atoms with Gasteiger partial charge in [-0.2, -0.15) is 13.2 Å². The van der Waals surface area contributed by atoms with Crippen LogP contribution in [-0.2, 0) is 0 Å². The van der Waals surface area contributed by atoms with Gasteiger partial charge in [-0.05, 0) is 49.5 Å². The smallest absolute Gasteiger partial charge is 0.388 e. The minimum absolute atomic E-state index is 0.0789. The maximum atomic E-state index is 12.9. The predicted molar refractivity (Wildman–Crippen MR) is 72.6 cm³/mol. The quantitative estimate of drug-likeness (QED) is 0.838. The molecule has 2 atom stereocenters. The maximum Gasteiger partial charge on any atom is 0.415 e. The Kier molecular flexibility index (Phi) is 5.41. The van der Waals surface area contributed by atoms with Gasteiger partial charge in [-0.1, -0.05) is 12.1 Å². The lowest BCUT2D eigenvalue weighted by Gasteiger charge is -2.35. The van der Waals surface area contributed by atoms with Gasteiger partial charge in [-0.25, -0.2) is 4.39 Å². The Hall–Kier alpha value is -1.18. The van der Waals surface area contributed by atoms with E-state index in [0.717, 1.165) is 0 Å². The molecule has 22 heavy (non-hydrogen) atoms. The van der Waals surface area contributed by atoms with Gasteiger partial charge in [-0.3, -0.25) is 0 Å². The Morgan fingerprint density at radius 1 is 1.09 bits per heavy atom. The van der Waals surface area contributed by atoms with Crippen molar-refractivity contribution in [3.8, 4) is 0 Å². The molecule has 2 N–H and O–H groups in total. The Morgan fingerprint density at radius 2 is 1.64 bits per heavy atom. The maximum absolute atomic E-state index is 12.9. The molecule has 0 spiro atoms. The molecule has 0 aliphatic carbocycles. The van der Waals surface area contributed by atoms with E-state index in [0.29, 0.717) is 31.5 Å². The molecular formula is C15H19F4NO2. The van der Waals surface area contributed by atoms with Crippen molar-refractivity contribution >= 4 is 0 Å². The van der Waals surface area contributed by atoms with Gasteiger partial charge in [0.2, 0.25) is 0 Å². The van der Waals surface area contributed by atoms with E-state index in [-0.39, 0.29) is 11.7 Å². The zero-order valence-electron chi connectivity index (χ0n) is 11.9.